The van der Waals surface area contributed by atoms with Gasteiger partial charge in [-0.25, -0.2) is 4.39 Å². The van der Waals surface area contributed by atoms with Crippen LogP contribution in [0.15, 0.2) is 17.1 Å². The number of nitrogens with zero attached hydrogens (tertiary/aromatic N) is 1. The Morgan fingerprint density at radius 3 is 2.33 bits per heavy atom. The average molecular weight is 256 g/mol. The fourth-order valence-corrected chi connectivity index (χ4v) is 1.22. The van der Waals surface area contributed by atoms with Crippen molar-refractivity contribution in [2.75, 3.05) is 0 Å². The van der Waals surface area contributed by atoms with Crippen molar-refractivity contribution in [3.05, 3.63) is 28.5 Å². The molecule has 0 fully saturated rings. The lowest BCUT2D eigenvalue weighted by atomic mass is 10.2. The van der Waals surface area contributed by atoms with Crippen LogP contribution in [0.5, 0.6) is 0 Å². The molecule has 80 valence electrons. The Kier molecular flexibility index (Phi) is 3.44. The normalized spacial score (nSPS) is 11.0. The Labute approximate surface area is 92.4 Å². The topological polar surface area (TPSA) is 12.4 Å². The minimum atomic E-state index is -4.65. The molecule has 1 rings (SSSR count). The highest BCUT2D eigenvalue weighted by molar-refractivity contribution is 7.78. The lowest BCUT2D eigenvalue weighted by Gasteiger charge is -2.08. The molecular formula is C8H2ClF4NS. The molecule has 0 aliphatic carbocycles. The maximum Gasteiger partial charge on any atom is 0.416 e. The zero-order chi connectivity index (χ0) is 11.6. The average Bonchev–Trinajstić information content (AvgIpc) is 2.09. The summed E-state index contributed by atoms with van der Waals surface area (Å²) < 4.78 is 49.6. The van der Waals surface area contributed by atoms with Crippen molar-refractivity contribution in [3.8, 4) is 0 Å². The first-order chi connectivity index (χ1) is 6.86. The maximum atomic E-state index is 13.1. The van der Waals surface area contributed by atoms with Crippen molar-refractivity contribution in [2.24, 2.45) is 4.99 Å². The predicted molar refractivity (Wildman–Crippen MR) is 51.1 cm³/mol. The summed E-state index contributed by atoms with van der Waals surface area (Å²) in [6.45, 7) is 0. The molecule has 0 heterocycles. The van der Waals surface area contributed by atoms with Gasteiger partial charge in [0.15, 0.2) is 5.82 Å². The van der Waals surface area contributed by atoms with Gasteiger partial charge < -0.3 is 0 Å². The van der Waals surface area contributed by atoms with Crippen molar-refractivity contribution in [3.63, 3.8) is 0 Å². The summed E-state index contributed by atoms with van der Waals surface area (Å²) in [5.41, 5.74) is -1.62. The lowest BCUT2D eigenvalue weighted by molar-refractivity contribution is -0.137. The lowest BCUT2D eigenvalue weighted by Crippen LogP contribution is -2.05. The largest absolute Gasteiger partial charge is 0.416 e. The smallest absolute Gasteiger partial charge is 0.205 e. The van der Waals surface area contributed by atoms with E-state index in [0.29, 0.717) is 12.1 Å². The number of thiocarbonyl (C=S) groups is 1. The van der Waals surface area contributed by atoms with Gasteiger partial charge in [0.1, 0.15) is 5.69 Å². The molecular weight excluding hydrogens is 254 g/mol. The SMILES string of the molecule is Fc1cc(C(F)(F)F)cc(Cl)c1N=C=S. The van der Waals surface area contributed by atoms with Gasteiger partial charge >= 0.3 is 6.18 Å². The van der Waals surface area contributed by atoms with E-state index in [1.54, 1.807) is 0 Å². The van der Waals surface area contributed by atoms with Crippen molar-refractivity contribution < 1.29 is 17.6 Å². The van der Waals surface area contributed by atoms with Gasteiger partial charge in [-0.3, -0.25) is 0 Å². The van der Waals surface area contributed by atoms with Gasteiger partial charge in [-0.2, -0.15) is 18.2 Å². The minimum absolute atomic E-state index is 0.303. The Morgan fingerprint density at radius 1 is 1.33 bits per heavy atom. The van der Waals surface area contributed by atoms with E-state index in [2.05, 4.69) is 17.2 Å². The molecule has 0 aliphatic heterocycles. The van der Waals surface area contributed by atoms with Crippen LogP contribution in [0.2, 0.25) is 5.02 Å². The van der Waals surface area contributed by atoms with E-state index in [4.69, 9.17) is 11.6 Å². The van der Waals surface area contributed by atoms with E-state index in [1.807, 2.05) is 5.16 Å². The van der Waals surface area contributed by atoms with Gasteiger partial charge in [-0.15, -0.1) is 0 Å². The molecule has 0 amide bonds. The van der Waals surface area contributed by atoms with Crippen LogP contribution in [0.1, 0.15) is 5.56 Å². The van der Waals surface area contributed by atoms with Crippen LogP contribution in [0.4, 0.5) is 23.2 Å². The third-order valence-electron chi connectivity index (χ3n) is 1.50. The third kappa shape index (κ3) is 2.75. The molecule has 0 saturated carbocycles. The third-order valence-corrected chi connectivity index (χ3v) is 1.88. The second-order valence-electron chi connectivity index (χ2n) is 2.49. The van der Waals surface area contributed by atoms with Crippen molar-refractivity contribution >= 4 is 34.7 Å². The number of benzene rings is 1. The van der Waals surface area contributed by atoms with Gasteiger partial charge in [0, 0.05) is 0 Å². The second kappa shape index (κ2) is 4.26. The zero-order valence-electron chi connectivity index (χ0n) is 6.90. The molecule has 15 heavy (non-hydrogen) atoms. The van der Waals surface area contributed by atoms with Gasteiger partial charge in [0.2, 0.25) is 0 Å². The summed E-state index contributed by atoms with van der Waals surface area (Å²) in [5.74, 6) is -1.19. The van der Waals surface area contributed by atoms with E-state index >= 15 is 0 Å². The molecule has 7 heteroatoms. The van der Waals surface area contributed by atoms with Crippen LogP contribution >= 0.6 is 23.8 Å². The Balaban J connectivity index is 3.38. The number of alkyl halides is 3. The van der Waals surface area contributed by atoms with E-state index in [-0.39, 0.29) is 0 Å². The van der Waals surface area contributed by atoms with Crippen LogP contribution < -0.4 is 0 Å². The summed E-state index contributed by atoms with van der Waals surface area (Å²) in [6, 6.07) is 0.882. The maximum absolute atomic E-state index is 13.1. The molecule has 1 aromatic carbocycles. The molecule has 0 saturated heterocycles. The zero-order valence-corrected chi connectivity index (χ0v) is 8.47. The number of hydrogen-bond acceptors (Lipinski definition) is 2. The van der Waals surface area contributed by atoms with Crippen LogP contribution in [-0.2, 0) is 6.18 Å². The Hall–Kier alpha value is -0.970. The number of rotatable bonds is 1. The van der Waals surface area contributed by atoms with Gasteiger partial charge in [0.05, 0.1) is 15.7 Å². The molecule has 0 bridgehead atoms. The minimum Gasteiger partial charge on any atom is -0.205 e. The molecule has 0 spiro atoms. The Morgan fingerprint density at radius 2 is 1.93 bits per heavy atom. The molecule has 0 unspecified atom stereocenters. The van der Waals surface area contributed by atoms with Crippen molar-refractivity contribution in [1.82, 2.24) is 0 Å². The molecule has 1 nitrogen and oxygen atoms in total. The quantitative estimate of drug-likeness (QED) is 0.415. The van der Waals surface area contributed by atoms with E-state index in [1.165, 1.54) is 0 Å². The van der Waals surface area contributed by atoms with Crippen LogP contribution in [0.3, 0.4) is 0 Å². The number of isothiocyanates is 1. The molecule has 0 N–H and O–H groups in total. The predicted octanol–water partition coefficient (Wildman–Crippen LogP) is 4.23. The first-order valence-corrected chi connectivity index (χ1v) is 4.29. The monoisotopic (exact) mass is 255 g/mol. The van der Waals surface area contributed by atoms with Gasteiger partial charge in [-0.05, 0) is 24.4 Å². The summed E-state index contributed by atoms with van der Waals surface area (Å²) in [4.78, 5) is 3.22. The van der Waals surface area contributed by atoms with E-state index in [0.717, 1.165) is 0 Å². The highest BCUT2D eigenvalue weighted by Gasteiger charge is 2.32. The fraction of sp³-hybridized carbons (Fsp3) is 0.125. The number of hydrogen-bond donors (Lipinski definition) is 0. The molecule has 1 aromatic rings. The van der Waals surface area contributed by atoms with Crippen LogP contribution in [-0.4, -0.2) is 5.16 Å². The molecule has 0 aliphatic rings. The first kappa shape index (κ1) is 12.1. The number of halogens is 5. The molecule has 0 atom stereocenters. The first-order valence-electron chi connectivity index (χ1n) is 3.50. The van der Waals surface area contributed by atoms with Gasteiger partial charge in [-0.1, -0.05) is 11.6 Å². The van der Waals surface area contributed by atoms with E-state index < -0.39 is 28.3 Å². The summed E-state index contributed by atoms with van der Waals surface area (Å²) in [7, 11) is 0. The van der Waals surface area contributed by atoms with Gasteiger partial charge in [0.25, 0.3) is 0 Å². The summed E-state index contributed by atoms with van der Waals surface area (Å²) in [5, 5.41) is 1.37. The summed E-state index contributed by atoms with van der Waals surface area (Å²) >= 11 is 9.59. The second-order valence-corrected chi connectivity index (χ2v) is 3.08. The van der Waals surface area contributed by atoms with E-state index in [9.17, 15) is 17.6 Å². The van der Waals surface area contributed by atoms with Crippen LogP contribution in [0.25, 0.3) is 0 Å². The Bertz CT molecular complexity index is 414. The van der Waals surface area contributed by atoms with Crippen molar-refractivity contribution in [2.45, 2.75) is 6.18 Å². The molecule has 0 aromatic heterocycles. The fourth-order valence-electron chi connectivity index (χ4n) is 0.882. The highest BCUT2D eigenvalue weighted by Crippen LogP contribution is 2.36. The van der Waals surface area contributed by atoms with Crippen LogP contribution in [0, 0.1) is 5.82 Å². The standard InChI is InChI=1S/C8H2ClF4NS/c9-5-1-4(8(11,12)13)2-6(10)7(5)14-3-15/h1-2H. The number of aliphatic imine (C=N–C) groups is 1. The summed E-state index contributed by atoms with van der Waals surface area (Å²) in [6.07, 6.45) is -4.65. The van der Waals surface area contributed by atoms with Crippen molar-refractivity contribution in [1.29, 1.82) is 0 Å². The molecule has 0 radical (unpaired) electrons. The highest BCUT2D eigenvalue weighted by atomic mass is 35.5.